The fraction of sp³-hybridized carbons (Fsp3) is 0.545. The fourth-order valence-corrected chi connectivity index (χ4v) is 3.07. The first-order valence-corrected chi connectivity index (χ1v) is 6.38. The SMILES string of the molecule is Clc1ccc(SC2CCCCC2)nc1. The molecule has 1 heterocycles. The zero-order chi connectivity index (χ0) is 9.80. The number of thioether (sulfide) groups is 1. The van der Waals surface area contributed by atoms with E-state index in [1.165, 1.54) is 32.1 Å². The molecule has 0 amide bonds. The molecule has 2 rings (SSSR count). The van der Waals surface area contributed by atoms with Crippen LogP contribution in [-0.2, 0) is 0 Å². The van der Waals surface area contributed by atoms with Gasteiger partial charge in [0.25, 0.3) is 0 Å². The van der Waals surface area contributed by atoms with Crippen molar-refractivity contribution in [2.24, 2.45) is 0 Å². The fourth-order valence-electron chi connectivity index (χ4n) is 1.79. The van der Waals surface area contributed by atoms with Crippen molar-refractivity contribution >= 4 is 23.4 Å². The maximum absolute atomic E-state index is 5.78. The van der Waals surface area contributed by atoms with E-state index in [9.17, 15) is 0 Å². The molecule has 76 valence electrons. The topological polar surface area (TPSA) is 12.9 Å². The molecule has 1 nitrogen and oxygen atoms in total. The Labute approximate surface area is 94.3 Å². The predicted octanol–water partition coefficient (Wildman–Crippen LogP) is 4.16. The van der Waals surface area contributed by atoms with Crippen LogP contribution in [-0.4, -0.2) is 10.2 Å². The van der Waals surface area contributed by atoms with Gasteiger partial charge in [0.1, 0.15) is 0 Å². The van der Waals surface area contributed by atoms with Crippen molar-refractivity contribution in [3.8, 4) is 0 Å². The molecular formula is C11H14ClNS. The van der Waals surface area contributed by atoms with Gasteiger partial charge in [0.05, 0.1) is 10.0 Å². The van der Waals surface area contributed by atoms with Crippen LogP contribution in [0.25, 0.3) is 0 Å². The summed E-state index contributed by atoms with van der Waals surface area (Å²) in [6.07, 6.45) is 8.58. The van der Waals surface area contributed by atoms with Crippen molar-refractivity contribution in [2.75, 3.05) is 0 Å². The lowest BCUT2D eigenvalue weighted by molar-refractivity contribution is 0.516. The summed E-state index contributed by atoms with van der Waals surface area (Å²) in [5.41, 5.74) is 0. The number of hydrogen-bond donors (Lipinski definition) is 0. The zero-order valence-corrected chi connectivity index (χ0v) is 9.65. The van der Waals surface area contributed by atoms with Crippen LogP contribution in [0, 0.1) is 0 Å². The van der Waals surface area contributed by atoms with Crippen LogP contribution in [0.3, 0.4) is 0 Å². The molecule has 0 spiro atoms. The summed E-state index contributed by atoms with van der Waals surface area (Å²) in [5, 5.41) is 2.61. The van der Waals surface area contributed by atoms with Gasteiger partial charge in [0.2, 0.25) is 0 Å². The molecule has 1 fully saturated rings. The van der Waals surface area contributed by atoms with Crippen LogP contribution in [0.5, 0.6) is 0 Å². The standard InChI is InChI=1S/C11H14ClNS/c12-9-6-7-11(13-8-9)14-10-4-2-1-3-5-10/h6-8,10H,1-5H2. The van der Waals surface area contributed by atoms with Crippen molar-refractivity contribution in [1.82, 2.24) is 4.98 Å². The van der Waals surface area contributed by atoms with E-state index in [-0.39, 0.29) is 0 Å². The highest BCUT2D eigenvalue weighted by Crippen LogP contribution is 2.32. The first kappa shape index (κ1) is 10.3. The van der Waals surface area contributed by atoms with Gasteiger partial charge in [-0.2, -0.15) is 0 Å². The van der Waals surface area contributed by atoms with Crippen LogP contribution < -0.4 is 0 Å². The first-order chi connectivity index (χ1) is 6.84. The lowest BCUT2D eigenvalue weighted by atomic mass is 10.0. The number of halogens is 1. The minimum absolute atomic E-state index is 0.720. The second-order valence-electron chi connectivity index (χ2n) is 3.69. The summed E-state index contributed by atoms with van der Waals surface area (Å²) in [4.78, 5) is 4.30. The van der Waals surface area contributed by atoms with Gasteiger partial charge in [-0.3, -0.25) is 0 Å². The molecule has 3 heteroatoms. The first-order valence-electron chi connectivity index (χ1n) is 5.13. The van der Waals surface area contributed by atoms with Crippen molar-refractivity contribution in [1.29, 1.82) is 0 Å². The number of aromatic nitrogens is 1. The third-order valence-electron chi connectivity index (χ3n) is 2.54. The van der Waals surface area contributed by atoms with E-state index in [0.717, 1.165) is 15.3 Å². The Bertz CT molecular complexity index is 280. The van der Waals surface area contributed by atoms with Gasteiger partial charge < -0.3 is 0 Å². The van der Waals surface area contributed by atoms with Gasteiger partial charge in [-0.15, -0.1) is 11.8 Å². The highest BCUT2D eigenvalue weighted by molar-refractivity contribution is 7.99. The predicted molar refractivity (Wildman–Crippen MR) is 62.0 cm³/mol. The summed E-state index contributed by atoms with van der Waals surface area (Å²) >= 11 is 7.69. The number of hydrogen-bond acceptors (Lipinski definition) is 2. The van der Waals surface area contributed by atoms with Gasteiger partial charge in [0.15, 0.2) is 0 Å². The van der Waals surface area contributed by atoms with E-state index < -0.39 is 0 Å². The lowest BCUT2D eigenvalue weighted by Gasteiger charge is -2.20. The summed E-state index contributed by atoms with van der Waals surface area (Å²) in [6.45, 7) is 0. The Morgan fingerprint density at radius 3 is 2.64 bits per heavy atom. The van der Waals surface area contributed by atoms with E-state index in [2.05, 4.69) is 4.98 Å². The molecule has 1 saturated carbocycles. The van der Waals surface area contributed by atoms with Gasteiger partial charge >= 0.3 is 0 Å². The number of nitrogens with zero attached hydrogens (tertiary/aromatic N) is 1. The quantitative estimate of drug-likeness (QED) is 0.753. The summed E-state index contributed by atoms with van der Waals surface area (Å²) in [6, 6.07) is 3.93. The molecule has 1 aliphatic rings. The van der Waals surface area contributed by atoms with Crippen LogP contribution in [0.2, 0.25) is 5.02 Å². The third-order valence-corrected chi connectivity index (χ3v) is 4.05. The second kappa shape index (κ2) is 5.04. The Kier molecular flexibility index (Phi) is 3.71. The van der Waals surface area contributed by atoms with Crippen LogP contribution >= 0.6 is 23.4 Å². The van der Waals surface area contributed by atoms with Gasteiger partial charge in [0, 0.05) is 11.4 Å². The van der Waals surface area contributed by atoms with E-state index in [0.29, 0.717) is 0 Å². The molecule has 0 bridgehead atoms. The Morgan fingerprint density at radius 1 is 1.21 bits per heavy atom. The summed E-state index contributed by atoms with van der Waals surface area (Å²) in [5.74, 6) is 0. The molecule has 14 heavy (non-hydrogen) atoms. The summed E-state index contributed by atoms with van der Waals surface area (Å²) < 4.78 is 0. The number of rotatable bonds is 2. The average molecular weight is 228 g/mol. The highest BCUT2D eigenvalue weighted by Gasteiger charge is 2.14. The minimum atomic E-state index is 0.720. The third kappa shape index (κ3) is 2.89. The van der Waals surface area contributed by atoms with Crippen LogP contribution in [0.4, 0.5) is 0 Å². The Morgan fingerprint density at radius 2 is 2.00 bits per heavy atom. The van der Waals surface area contributed by atoms with E-state index in [1.54, 1.807) is 6.20 Å². The molecule has 0 N–H and O–H groups in total. The molecule has 0 atom stereocenters. The molecule has 1 aliphatic carbocycles. The Balaban J connectivity index is 1.92. The molecule has 1 aromatic rings. The monoisotopic (exact) mass is 227 g/mol. The maximum atomic E-state index is 5.78. The van der Waals surface area contributed by atoms with Crippen LogP contribution in [0.15, 0.2) is 23.4 Å². The van der Waals surface area contributed by atoms with Gasteiger partial charge in [-0.1, -0.05) is 30.9 Å². The maximum Gasteiger partial charge on any atom is 0.0963 e. The van der Waals surface area contributed by atoms with Crippen molar-refractivity contribution < 1.29 is 0 Å². The minimum Gasteiger partial charge on any atom is -0.248 e. The van der Waals surface area contributed by atoms with Crippen molar-refractivity contribution in [3.05, 3.63) is 23.4 Å². The van der Waals surface area contributed by atoms with E-state index in [4.69, 9.17) is 11.6 Å². The van der Waals surface area contributed by atoms with Gasteiger partial charge in [-0.25, -0.2) is 4.98 Å². The average Bonchev–Trinajstić information content (AvgIpc) is 2.23. The van der Waals surface area contributed by atoms with E-state index in [1.807, 2.05) is 23.9 Å². The molecule has 0 aliphatic heterocycles. The summed E-state index contributed by atoms with van der Waals surface area (Å²) in [7, 11) is 0. The zero-order valence-electron chi connectivity index (χ0n) is 8.08. The molecule has 1 aromatic heterocycles. The normalized spacial score (nSPS) is 18.4. The highest BCUT2D eigenvalue weighted by atomic mass is 35.5. The molecule has 0 radical (unpaired) electrons. The molecule has 0 unspecified atom stereocenters. The second-order valence-corrected chi connectivity index (χ2v) is 5.45. The molecular weight excluding hydrogens is 214 g/mol. The lowest BCUT2D eigenvalue weighted by Crippen LogP contribution is -2.07. The Hall–Kier alpha value is -0.210. The largest absolute Gasteiger partial charge is 0.248 e. The van der Waals surface area contributed by atoms with E-state index >= 15 is 0 Å². The molecule has 0 saturated heterocycles. The number of pyridine rings is 1. The van der Waals surface area contributed by atoms with Gasteiger partial charge in [-0.05, 0) is 25.0 Å². The van der Waals surface area contributed by atoms with Crippen molar-refractivity contribution in [2.45, 2.75) is 42.4 Å². The smallest absolute Gasteiger partial charge is 0.0963 e. The van der Waals surface area contributed by atoms with Crippen LogP contribution in [0.1, 0.15) is 32.1 Å². The molecule has 0 aromatic carbocycles. The van der Waals surface area contributed by atoms with Crippen molar-refractivity contribution in [3.63, 3.8) is 0 Å².